The Morgan fingerprint density at radius 3 is 1.95 bits per heavy atom. The molecule has 2 nitrogen and oxygen atoms in total. The first-order valence-corrected chi connectivity index (χ1v) is 15.0. The maximum absolute atomic E-state index is 4.64. The van der Waals surface area contributed by atoms with E-state index in [9.17, 15) is 0 Å². The van der Waals surface area contributed by atoms with Gasteiger partial charge in [0.05, 0.1) is 0 Å². The van der Waals surface area contributed by atoms with Gasteiger partial charge in [0.2, 0.25) is 0 Å². The van der Waals surface area contributed by atoms with Crippen molar-refractivity contribution in [1.29, 1.82) is 0 Å². The Bertz CT molecular complexity index is 1600. The molecule has 0 unspecified atom stereocenters. The molecule has 2 heterocycles. The van der Waals surface area contributed by atoms with E-state index in [-0.39, 0.29) is 25.5 Å². The first-order chi connectivity index (χ1) is 20.0. The molecule has 0 saturated heterocycles. The predicted octanol–water partition coefficient (Wildman–Crippen LogP) is 10.1. The minimum atomic E-state index is 0. The normalized spacial score (nSPS) is 11.0. The van der Waals surface area contributed by atoms with Crippen LogP contribution in [-0.2, 0) is 38.4 Å². The standard InChI is InChI=1S/C23H24N.C17H20N.Ir/c1-17-16-24-22(15-20(17)13-18-9-6-5-7-10-18)19-11-8-12-21(14-19)23(2,3)4;1-12(2)9-16-10-17(18-11-14(16)4)15-7-5-13(3)6-8-15;/h5-10,12,14-16H,13H2,1-4H3;5-7,10-12H,9H2,1-4H3;/q2*-1;. The van der Waals surface area contributed by atoms with Crippen molar-refractivity contribution in [3.8, 4) is 22.5 Å². The van der Waals surface area contributed by atoms with E-state index in [1.165, 1.54) is 38.9 Å². The zero-order valence-corrected chi connectivity index (χ0v) is 29.3. The number of hydrogen-bond acceptors (Lipinski definition) is 2. The van der Waals surface area contributed by atoms with E-state index in [4.69, 9.17) is 0 Å². The molecular formula is C40H44IrN2-2. The van der Waals surface area contributed by atoms with Gasteiger partial charge in [-0.05, 0) is 71.7 Å². The van der Waals surface area contributed by atoms with E-state index in [0.29, 0.717) is 5.92 Å². The topological polar surface area (TPSA) is 25.8 Å². The fraction of sp³-hybridized carbons (Fsp3) is 0.300. The number of nitrogens with zero attached hydrogens (tertiary/aromatic N) is 2. The van der Waals surface area contributed by atoms with E-state index in [1.807, 2.05) is 24.5 Å². The molecule has 43 heavy (non-hydrogen) atoms. The van der Waals surface area contributed by atoms with Gasteiger partial charge >= 0.3 is 0 Å². The molecule has 225 valence electrons. The number of benzene rings is 3. The van der Waals surface area contributed by atoms with Crippen molar-refractivity contribution in [2.24, 2.45) is 5.92 Å². The van der Waals surface area contributed by atoms with Crippen molar-refractivity contribution in [2.75, 3.05) is 0 Å². The molecule has 0 atom stereocenters. The van der Waals surface area contributed by atoms with Crippen LogP contribution in [0.3, 0.4) is 0 Å². The minimum absolute atomic E-state index is 0. The minimum Gasteiger partial charge on any atom is -0.304 e. The van der Waals surface area contributed by atoms with E-state index in [2.05, 4.69) is 144 Å². The Hall–Kier alpha value is -3.39. The van der Waals surface area contributed by atoms with Crippen LogP contribution in [-0.4, -0.2) is 9.97 Å². The molecule has 0 fully saturated rings. The van der Waals surface area contributed by atoms with Crippen molar-refractivity contribution < 1.29 is 20.1 Å². The smallest absolute Gasteiger partial charge is 0.0192 e. The molecule has 0 N–H and O–H groups in total. The van der Waals surface area contributed by atoms with Crippen LogP contribution >= 0.6 is 0 Å². The van der Waals surface area contributed by atoms with Crippen LogP contribution in [0.4, 0.5) is 0 Å². The average molecular weight is 745 g/mol. The Morgan fingerprint density at radius 2 is 1.35 bits per heavy atom. The van der Waals surface area contributed by atoms with Gasteiger partial charge in [0.25, 0.3) is 0 Å². The van der Waals surface area contributed by atoms with Gasteiger partial charge in [-0.1, -0.05) is 89.6 Å². The Balaban J connectivity index is 0.000000239. The monoisotopic (exact) mass is 745 g/mol. The summed E-state index contributed by atoms with van der Waals surface area (Å²) < 4.78 is 0. The molecule has 5 rings (SSSR count). The Kier molecular flexibility index (Phi) is 12.2. The summed E-state index contributed by atoms with van der Waals surface area (Å²) in [6.07, 6.45) is 5.99. The maximum Gasteiger partial charge on any atom is 0.0192 e. The summed E-state index contributed by atoms with van der Waals surface area (Å²) >= 11 is 0. The molecule has 0 saturated carbocycles. The van der Waals surface area contributed by atoms with Crippen molar-refractivity contribution in [2.45, 2.75) is 73.6 Å². The van der Waals surface area contributed by atoms with E-state index in [1.54, 1.807) is 0 Å². The molecule has 0 aliphatic heterocycles. The van der Waals surface area contributed by atoms with E-state index >= 15 is 0 Å². The summed E-state index contributed by atoms with van der Waals surface area (Å²) in [7, 11) is 0. The summed E-state index contributed by atoms with van der Waals surface area (Å²) in [6, 6.07) is 34.2. The largest absolute Gasteiger partial charge is 0.304 e. The van der Waals surface area contributed by atoms with Gasteiger partial charge in [-0.15, -0.1) is 70.8 Å². The van der Waals surface area contributed by atoms with Gasteiger partial charge in [0.15, 0.2) is 0 Å². The molecule has 0 aliphatic carbocycles. The van der Waals surface area contributed by atoms with Crippen LogP contribution < -0.4 is 0 Å². The summed E-state index contributed by atoms with van der Waals surface area (Å²) in [4.78, 5) is 9.16. The van der Waals surface area contributed by atoms with Gasteiger partial charge in [-0.2, -0.15) is 0 Å². The van der Waals surface area contributed by atoms with Crippen LogP contribution in [0.2, 0.25) is 0 Å². The summed E-state index contributed by atoms with van der Waals surface area (Å²) in [6.45, 7) is 17.5. The molecule has 0 amide bonds. The Morgan fingerprint density at radius 1 is 0.721 bits per heavy atom. The van der Waals surface area contributed by atoms with Crippen LogP contribution in [0.5, 0.6) is 0 Å². The number of hydrogen-bond donors (Lipinski definition) is 0. The van der Waals surface area contributed by atoms with Gasteiger partial charge < -0.3 is 9.97 Å². The maximum atomic E-state index is 4.64. The second-order valence-electron chi connectivity index (χ2n) is 12.8. The summed E-state index contributed by atoms with van der Waals surface area (Å²) in [5.41, 5.74) is 13.4. The van der Waals surface area contributed by atoms with Gasteiger partial charge in [0.1, 0.15) is 0 Å². The van der Waals surface area contributed by atoms with Crippen molar-refractivity contribution in [1.82, 2.24) is 9.97 Å². The summed E-state index contributed by atoms with van der Waals surface area (Å²) in [5.74, 6) is 0.668. The zero-order valence-electron chi connectivity index (χ0n) is 26.9. The molecule has 5 aromatic rings. The second-order valence-corrected chi connectivity index (χ2v) is 12.8. The van der Waals surface area contributed by atoms with Gasteiger partial charge in [-0.3, -0.25) is 0 Å². The first-order valence-electron chi connectivity index (χ1n) is 15.0. The van der Waals surface area contributed by atoms with Crippen LogP contribution in [0.25, 0.3) is 22.5 Å². The molecule has 1 radical (unpaired) electrons. The van der Waals surface area contributed by atoms with Crippen molar-refractivity contribution in [3.05, 3.63) is 142 Å². The molecule has 0 bridgehead atoms. The third kappa shape index (κ3) is 9.82. The van der Waals surface area contributed by atoms with Gasteiger partial charge in [0, 0.05) is 32.5 Å². The second kappa shape index (κ2) is 15.4. The summed E-state index contributed by atoms with van der Waals surface area (Å²) in [5, 5.41) is 0. The first kappa shape index (κ1) is 34.1. The average Bonchev–Trinajstić information content (AvgIpc) is 2.96. The Labute approximate surface area is 273 Å². The molecule has 3 aromatic carbocycles. The van der Waals surface area contributed by atoms with Crippen LogP contribution in [0.15, 0.2) is 91.3 Å². The van der Waals surface area contributed by atoms with E-state index in [0.717, 1.165) is 35.4 Å². The zero-order chi connectivity index (χ0) is 30.3. The molecule has 0 aliphatic rings. The van der Waals surface area contributed by atoms with Gasteiger partial charge in [-0.25, -0.2) is 0 Å². The SMILES string of the molecule is Cc1c[c-]c(-c2cc(CC(C)C)c(C)cn2)cc1.Cc1cnc(-c2[c-]ccc(C(C)(C)C)c2)cc1Cc1ccccc1.[Ir]. The van der Waals surface area contributed by atoms with Crippen LogP contribution in [0, 0.1) is 38.8 Å². The molecular weight excluding hydrogens is 701 g/mol. The number of pyridine rings is 2. The van der Waals surface area contributed by atoms with Crippen molar-refractivity contribution in [3.63, 3.8) is 0 Å². The third-order valence-electron chi connectivity index (χ3n) is 7.48. The van der Waals surface area contributed by atoms with Crippen LogP contribution in [0.1, 0.15) is 73.6 Å². The fourth-order valence-corrected chi connectivity index (χ4v) is 4.83. The number of aromatic nitrogens is 2. The fourth-order valence-electron chi connectivity index (χ4n) is 4.83. The molecule has 0 spiro atoms. The number of rotatable bonds is 6. The quantitative estimate of drug-likeness (QED) is 0.162. The molecule has 3 heteroatoms. The van der Waals surface area contributed by atoms with Crippen molar-refractivity contribution >= 4 is 0 Å². The van der Waals surface area contributed by atoms with E-state index < -0.39 is 0 Å². The third-order valence-corrected chi connectivity index (χ3v) is 7.48. The predicted molar refractivity (Wildman–Crippen MR) is 178 cm³/mol. The molecule has 2 aromatic heterocycles. The number of aryl methyl sites for hydroxylation is 3.